The summed E-state index contributed by atoms with van der Waals surface area (Å²) < 4.78 is 81.7. The number of alkyl halides is 6. The summed E-state index contributed by atoms with van der Waals surface area (Å²) >= 11 is 0. The molecule has 0 aliphatic carbocycles. The van der Waals surface area contributed by atoms with E-state index < -0.39 is 35.3 Å². The summed E-state index contributed by atoms with van der Waals surface area (Å²) in [7, 11) is 0. The Morgan fingerprint density at radius 2 is 1.50 bits per heavy atom. The van der Waals surface area contributed by atoms with E-state index in [0.717, 1.165) is 0 Å². The van der Waals surface area contributed by atoms with E-state index in [-0.39, 0.29) is 25.0 Å². The third-order valence-electron chi connectivity index (χ3n) is 3.42. The van der Waals surface area contributed by atoms with Gasteiger partial charge in [-0.2, -0.15) is 26.3 Å². The summed E-state index contributed by atoms with van der Waals surface area (Å²) in [5, 5.41) is 2.59. The van der Waals surface area contributed by atoms with Crippen LogP contribution in [0.25, 0.3) is 0 Å². The molecule has 26 heavy (non-hydrogen) atoms. The van der Waals surface area contributed by atoms with Crippen molar-refractivity contribution in [2.24, 2.45) is 5.92 Å². The van der Waals surface area contributed by atoms with E-state index in [9.17, 15) is 31.1 Å². The Hall–Kier alpha value is -1.93. The molecule has 0 saturated heterocycles. The van der Waals surface area contributed by atoms with Gasteiger partial charge in [-0.05, 0) is 37.5 Å². The van der Waals surface area contributed by atoms with Crippen molar-refractivity contribution in [2.75, 3.05) is 6.61 Å². The van der Waals surface area contributed by atoms with E-state index in [1.165, 1.54) is 0 Å². The summed E-state index contributed by atoms with van der Waals surface area (Å²) in [6, 6.07) is 0.466. The molecule has 1 amide bonds. The van der Waals surface area contributed by atoms with Crippen LogP contribution in [0.15, 0.2) is 18.2 Å². The molecular formula is C17H21F6NO2. The maximum absolute atomic E-state index is 12.8. The zero-order chi connectivity index (χ0) is 20.1. The third kappa shape index (κ3) is 7.53. The Labute approximate surface area is 147 Å². The van der Waals surface area contributed by atoms with Gasteiger partial charge in [0.05, 0.1) is 17.2 Å². The van der Waals surface area contributed by atoms with Crippen LogP contribution in [0.1, 0.15) is 44.7 Å². The van der Waals surface area contributed by atoms with Gasteiger partial charge in [-0.1, -0.05) is 13.8 Å². The first kappa shape index (κ1) is 22.1. The van der Waals surface area contributed by atoms with Crippen LogP contribution in [0.4, 0.5) is 26.3 Å². The molecule has 1 atom stereocenters. The molecular weight excluding hydrogens is 364 g/mol. The summed E-state index contributed by atoms with van der Waals surface area (Å²) in [6.07, 6.45) is -8.92. The fourth-order valence-corrected chi connectivity index (χ4v) is 2.04. The highest BCUT2D eigenvalue weighted by molar-refractivity contribution is 5.76. The molecule has 9 heteroatoms. The lowest BCUT2D eigenvalue weighted by Crippen LogP contribution is -2.36. The molecule has 1 N–H and O–H groups in total. The lowest BCUT2D eigenvalue weighted by Gasteiger charge is -2.18. The quantitative estimate of drug-likeness (QED) is 0.668. The van der Waals surface area contributed by atoms with Gasteiger partial charge in [0, 0.05) is 6.42 Å². The van der Waals surface area contributed by atoms with Crippen LogP contribution in [0.2, 0.25) is 0 Å². The van der Waals surface area contributed by atoms with Gasteiger partial charge >= 0.3 is 12.4 Å². The maximum atomic E-state index is 12.8. The normalized spacial score (nSPS) is 13.6. The van der Waals surface area contributed by atoms with Crippen LogP contribution in [0.3, 0.4) is 0 Å². The Morgan fingerprint density at radius 1 is 1.00 bits per heavy atom. The van der Waals surface area contributed by atoms with Gasteiger partial charge in [-0.15, -0.1) is 0 Å². The number of carbonyl (C=O) groups is 1. The van der Waals surface area contributed by atoms with Gasteiger partial charge in [-0.3, -0.25) is 4.79 Å². The summed E-state index contributed by atoms with van der Waals surface area (Å²) in [5.41, 5.74) is -2.90. The molecule has 0 aliphatic rings. The van der Waals surface area contributed by atoms with Gasteiger partial charge in [-0.25, -0.2) is 0 Å². The van der Waals surface area contributed by atoms with E-state index in [1.54, 1.807) is 6.92 Å². The van der Waals surface area contributed by atoms with Crippen LogP contribution in [-0.2, 0) is 17.1 Å². The Balaban J connectivity index is 2.78. The number of rotatable bonds is 7. The average molecular weight is 385 g/mol. The largest absolute Gasteiger partial charge is 0.491 e. The van der Waals surface area contributed by atoms with Gasteiger partial charge in [0.2, 0.25) is 5.91 Å². The smallest absolute Gasteiger partial charge is 0.416 e. The van der Waals surface area contributed by atoms with Crippen molar-refractivity contribution in [3.05, 3.63) is 29.3 Å². The lowest BCUT2D eigenvalue weighted by atomic mass is 10.1. The van der Waals surface area contributed by atoms with Gasteiger partial charge in [0.1, 0.15) is 12.4 Å². The molecule has 0 radical (unpaired) electrons. The van der Waals surface area contributed by atoms with Crippen LogP contribution in [-0.4, -0.2) is 18.6 Å². The SMILES string of the molecule is CC(C)CCC(=O)NC(C)COc1cc(C(F)(F)F)cc(C(F)(F)F)c1. The highest BCUT2D eigenvalue weighted by Gasteiger charge is 2.37. The number of nitrogens with one attached hydrogen (secondary N) is 1. The fraction of sp³-hybridized carbons (Fsp3) is 0.588. The van der Waals surface area contributed by atoms with Crippen molar-refractivity contribution in [3.8, 4) is 5.75 Å². The Kier molecular flexibility index (Phi) is 7.35. The summed E-state index contributed by atoms with van der Waals surface area (Å²) in [4.78, 5) is 11.7. The maximum Gasteiger partial charge on any atom is 0.416 e. The first-order valence-corrected chi connectivity index (χ1v) is 8.00. The second-order valence-corrected chi connectivity index (χ2v) is 6.45. The Bertz CT molecular complexity index is 578. The van der Waals surface area contributed by atoms with Gasteiger partial charge in [0.25, 0.3) is 0 Å². The molecule has 0 aromatic heterocycles. The predicted octanol–water partition coefficient (Wildman–Crippen LogP) is 5.04. The van der Waals surface area contributed by atoms with Crippen LogP contribution in [0.5, 0.6) is 5.75 Å². The second kappa shape index (κ2) is 8.64. The van der Waals surface area contributed by atoms with Crippen LogP contribution < -0.4 is 10.1 Å². The monoisotopic (exact) mass is 385 g/mol. The molecule has 0 spiro atoms. The number of ether oxygens (including phenoxy) is 1. The van der Waals surface area contributed by atoms with Gasteiger partial charge in [0.15, 0.2) is 0 Å². The topological polar surface area (TPSA) is 38.3 Å². The van der Waals surface area contributed by atoms with Crippen molar-refractivity contribution < 1.29 is 35.9 Å². The molecule has 148 valence electrons. The number of carbonyl (C=O) groups excluding carboxylic acids is 1. The van der Waals surface area contributed by atoms with Crippen molar-refractivity contribution in [1.82, 2.24) is 5.32 Å². The average Bonchev–Trinajstić information content (AvgIpc) is 2.49. The van der Waals surface area contributed by atoms with E-state index in [1.807, 2.05) is 13.8 Å². The first-order valence-electron chi connectivity index (χ1n) is 8.00. The van der Waals surface area contributed by atoms with E-state index in [2.05, 4.69) is 5.32 Å². The standard InChI is InChI=1S/C17H21F6NO2/c1-10(2)4-5-15(25)24-11(3)9-26-14-7-12(16(18,19)20)6-13(8-14)17(21,22)23/h6-8,10-11H,4-5,9H2,1-3H3,(H,24,25). The van der Waals surface area contributed by atoms with E-state index in [4.69, 9.17) is 4.74 Å². The van der Waals surface area contributed by atoms with Crippen molar-refractivity contribution in [1.29, 1.82) is 0 Å². The summed E-state index contributed by atoms with van der Waals surface area (Å²) in [6.45, 7) is 5.19. The van der Waals surface area contributed by atoms with Gasteiger partial charge < -0.3 is 10.1 Å². The molecule has 0 bridgehead atoms. The minimum atomic E-state index is -4.93. The van der Waals surface area contributed by atoms with E-state index in [0.29, 0.717) is 24.5 Å². The first-order chi connectivity index (χ1) is 11.8. The number of hydrogen-bond acceptors (Lipinski definition) is 2. The molecule has 0 fully saturated rings. The molecule has 0 aliphatic heterocycles. The highest BCUT2D eigenvalue weighted by Crippen LogP contribution is 2.38. The molecule has 1 unspecified atom stereocenters. The van der Waals surface area contributed by atoms with Crippen molar-refractivity contribution in [3.63, 3.8) is 0 Å². The zero-order valence-electron chi connectivity index (χ0n) is 14.6. The Morgan fingerprint density at radius 3 is 1.92 bits per heavy atom. The number of hydrogen-bond donors (Lipinski definition) is 1. The minimum Gasteiger partial charge on any atom is -0.491 e. The van der Waals surface area contributed by atoms with Crippen LogP contribution in [0, 0.1) is 5.92 Å². The zero-order valence-corrected chi connectivity index (χ0v) is 14.6. The van der Waals surface area contributed by atoms with Crippen LogP contribution >= 0.6 is 0 Å². The lowest BCUT2D eigenvalue weighted by molar-refractivity contribution is -0.143. The molecule has 0 heterocycles. The van der Waals surface area contributed by atoms with E-state index >= 15 is 0 Å². The molecule has 0 saturated carbocycles. The molecule has 1 aromatic rings. The number of benzene rings is 1. The molecule has 1 rings (SSSR count). The molecule has 3 nitrogen and oxygen atoms in total. The van der Waals surface area contributed by atoms with Crippen molar-refractivity contribution in [2.45, 2.75) is 52.0 Å². The van der Waals surface area contributed by atoms with Crippen molar-refractivity contribution >= 4 is 5.91 Å². The minimum absolute atomic E-state index is 0.0317. The predicted molar refractivity (Wildman–Crippen MR) is 83.6 cm³/mol. The second-order valence-electron chi connectivity index (χ2n) is 6.45. The number of halogens is 6. The number of amides is 1. The molecule has 1 aromatic carbocycles. The third-order valence-corrected chi connectivity index (χ3v) is 3.42. The summed E-state index contributed by atoms with van der Waals surface area (Å²) in [5.74, 6) is -0.483. The highest BCUT2D eigenvalue weighted by atomic mass is 19.4. The fourth-order valence-electron chi connectivity index (χ4n) is 2.04.